The highest BCUT2D eigenvalue weighted by Crippen LogP contribution is 2.37. The van der Waals surface area contributed by atoms with Gasteiger partial charge in [-0.15, -0.1) is 0 Å². The Morgan fingerprint density at radius 3 is 2.12 bits per heavy atom. The molecule has 1 aromatic rings. The molecule has 0 aromatic heterocycles. The zero-order chi connectivity index (χ0) is 23.9. The van der Waals surface area contributed by atoms with Gasteiger partial charge in [-0.2, -0.15) is 0 Å². The zero-order valence-corrected chi connectivity index (χ0v) is 20.6. The molecule has 1 aromatic carbocycles. The van der Waals surface area contributed by atoms with Crippen molar-refractivity contribution < 1.29 is 28.4 Å². The number of hydrogen-bond donors (Lipinski definition) is 0. The highest BCUT2D eigenvalue weighted by molar-refractivity contribution is 6.63. The highest BCUT2D eigenvalue weighted by Gasteiger charge is 2.52. The second-order valence-electron chi connectivity index (χ2n) is 10.7. The van der Waals surface area contributed by atoms with E-state index < -0.39 is 29.9 Å². The number of piperidine rings is 1. The fourth-order valence-corrected chi connectivity index (χ4v) is 4.01. The van der Waals surface area contributed by atoms with Crippen LogP contribution in [0.2, 0.25) is 0 Å². The van der Waals surface area contributed by atoms with Crippen LogP contribution in [0, 0.1) is 0 Å². The molecule has 7 nitrogen and oxygen atoms in total. The molecule has 2 aliphatic rings. The molecule has 2 aliphatic heterocycles. The normalized spacial score (nSPS) is 20.9. The molecule has 2 fully saturated rings. The third-order valence-corrected chi connectivity index (χ3v) is 6.61. The Bertz CT molecular complexity index is 852. The van der Waals surface area contributed by atoms with Crippen molar-refractivity contribution in [1.29, 1.82) is 0 Å². The van der Waals surface area contributed by atoms with E-state index in [4.69, 9.17) is 18.8 Å². The van der Waals surface area contributed by atoms with Gasteiger partial charge in [0, 0.05) is 13.1 Å². The van der Waals surface area contributed by atoms with Crippen LogP contribution in [0.1, 0.15) is 83.1 Å². The molecular formula is C24H36BNO6. The van der Waals surface area contributed by atoms with Crippen LogP contribution in [0.4, 0.5) is 4.79 Å². The number of carbonyl (C=O) groups is 2. The molecule has 0 radical (unpaired) electrons. The quantitative estimate of drug-likeness (QED) is 0.519. The van der Waals surface area contributed by atoms with Crippen LogP contribution in [-0.2, 0) is 18.8 Å². The molecular weight excluding hydrogens is 409 g/mol. The summed E-state index contributed by atoms with van der Waals surface area (Å²) < 4.78 is 22.9. The second-order valence-corrected chi connectivity index (χ2v) is 10.7. The number of esters is 1. The maximum absolute atomic E-state index is 12.6. The van der Waals surface area contributed by atoms with Gasteiger partial charge in [0.25, 0.3) is 0 Å². The third-order valence-electron chi connectivity index (χ3n) is 6.61. The van der Waals surface area contributed by atoms with Crippen LogP contribution in [0.5, 0.6) is 0 Å². The summed E-state index contributed by atoms with van der Waals surface area (Å²) in [5, 5.41) is 0. The fourth-order valence-electron chi connectivity index (χ4n) is 4.01. The lowest BCUT2D eigenvalue weighted by Crippen LogP contribution is -2.41. The number of likely N-dealkylation sites (tertiary alicyclic amines) is 1. The van der Waals surface area contributed by atoms with Crippen molar-refractivity contribution in [3.05, 3.63) is 29.3 Å². The fraction of sp³-hybridized carbons (Fsp3) is 0.667. The zero-order valence-electron chi connectivity index (χ0n) is 20.6. The molecule has 0 spiro atoms. The Balaban J connectivity index is 1.77. The highest BCUT2D eigenvalue weighted by atomic mass is 16.7. The molecule has 8 heteroatoms. The van der Waals surface area contributed by atoms with Crippen molar-refractivity contribution >= 4 is 24.6 Å². The van der Waals surface area contributed by atoms with Crippen molar-refractivity contribution in [2.45, 2.75) is 84.0 Å². The van der Waals surface area contributed by atoms with Crippen LogP contribution in [0.3, 0.4) is 0 Å². The number of ether oxygens (including phenoxy) is 2. The molecule has 32 heavy (non-hydrogen) atoms. The first-order chi connectivity index (χ1) is 14.7. The number of methoxy groups -OCH3 is 1. The summed E-state index contributed by atoms with van der Waals surface area (Å²) in [6, 6.07) is 5.82. The van der Waals surface area contributed by atoms with Gasteiger partial charge < -0.3 is 23.7 Å². The largest absolute Gasteiger partial charge is 0.495 e. The van der Waals surface area contributed by atoms with Crippen molar-refractivity contribution in [1.82, 2.24) is 4.90 Å². The SMILES string of the molecule is COC(=O)c1cc(C2CCN(C(=O)OC(C)(C)C)CC2)ccc1B1OC(C)(C)C(C)(C)O1. The van der Waals surface area contributed by atoms with Crippen LogP contribution in [-0.4, -0.2) is 61.1 Å². The number of nitrogens with zero attached hydrogens (tertiary/aromatic N) is 1. The van der Waals surface area contributed by atoms with E-state index in [1.54, 1.807) is 4.90 Å². The average molecular weight is 445 g/mol. The third kappa shape index (κ3) is 5.12. The monoisotopic (exact) mass is 445 g/mol. The van der Waals surface area contributed by atoms with Gasteiger partial charge in [0.05, 0.1) is 23.9 Å². The van der Waals surface area contributed by atoms with Crippen LogP contribution < -0.4 is 5.46 Å². The standard InChI is InChI=1S/C24H36BNO6/c1-22(2,3)30-21(28)26-13-11-16(12-14-26)17-9-10-19(18(15-17)20(27)29-8)25-31-23(4,5)24(6,7)32-25/h9-10,15-16H,11-14H2,1-8H3. The molecule has 0 saturated carbocycles. The van der Waals surface area contributed by atoms with Gasteiger partial charge in [-0.3, -0.25) is 0 Å². The Hall–Kier alpha value is -2.06. The van der Waals surface area contributed by atoms with Crippen molar-refractivity contribution in [2.24, 2.45) is 0 Å². The van der Waals surface area contributed by atoms with E-state index in [0.29, 0.717) is 24.1 Å². The van der Waals surface area contributed by atoms with Crippen molar-refractivity contribution in [3.8, 4) is 0 Å². The van der Waals surface area contributed by atoms with E-state index in [2.05, 4.69) is 0 Å². The van der Waals surface area contributed by atoms with E-state index in [0.717, 1.165) is 18.4 Å². The Morgan fingerprint density at radius 2 is 1.62 bits per heavy atom. The first-order valence-electron chi connectivity index (χ1n) is 11.3. The van der Waals surface area contributed by atoms with Crippen LogP contribution in [0.25, 0.3) is 0 Å². The lowest BCUT2D eigenvalue weighted by Gasteiger charge is -2.33. The molecule has 0 bridgehead atoms. The van der Waals surface area contributed by atoms with E-state index in [-0.39, 0.29) is 12.0 Å². The van der Waals surface area contributed by atoms with E-state index in [1.807, 2.05) is 66.7 Å². The summed E-state index contributed by atoms with van der Waals surface area (Å²) in [6.07, 6.45) is 1.33. The van der Waals surface area contributed by atoms with Gasteiger partial charge >= 0.3 is 19.2 Å². The summed E-state index contributed by atoms with van der Waals surface area (Å²) in [4.78, 5) is 26.7. The smallest absolute Gasteiger partial charge is 0.465 e. The molecule has 2 heterocycles. The minimum absolute atomic E-state index is 0.240. The second kappa shape index (κ2) is 8.71. The van der Waals surface area contributed by atoms with Crippen molar-refractivity contribution in [3.63, 3.8) is 0 Å². The van der Waals surface area contributed by atoms with Gasteiger partial charge in [-0.25, -0.2) is 9.59 Å². The Kier molecular flexibility index (Phi) is 6.69. The maximum atomic E-state index is 12.6. The molecule has 1 amide bonds. The van der Waals surface area contributed by atoms with Crippen molar-refractivity contribution in [2.75, 3.05) is 20.2 Å². The van der Waals surface area contributed by atoms with Gasteiger partial charge in [0.15, 0.2) is 0 Å². The molecule has 2 saturated heterocycles. The first kappa shape index (κ1) is 24.6. The van der Waals surface area contributed by atoms with E-state index in [1.165, 1.54) is 7.11 Å². The topological polar surface area (TPSA) is 74.3 Å². The first-order valence-corrected chi connectivity index (χ1v) is 11.3. The summed E-state index contributed by atoms with van der Waals surface area (Å²) in [5.74, 6) is -0.174. The predicted octanol–water partition coefficient (Wildman–Crippen LogP) is 3.89. The molecule has 0 aliphatic carbocycles. The van der Waals surface area contributed by atoms with E-state index >= 15 is 0 Å². The van der Waals surface area contributed by atoms with Gasteiger partial charge in [-0.1, -0.05) is 12.1 Å². The number of carbonyl (C=O) groups excluding carboxylic acids is 2. The minimum Gasteiger partial charge on any atom is -0.465 e. The maximum Gasteiger partial charge on any atom is 0.495 e. The average Bonchev–Trinajstić information content (AvgIpc) is 2.92. The van der Waals surface area contributed by atoms with Gasteiger partial charge in [0.1, 0.15) is 5.60 Å². The molecule has 176 valence electrons. The Morgan fingerprint density at radius 1 is 1.06 bits per heavy atom. The molecule has 0 atom stereocenters. The van der Waals surface area contributed by atoms with Crippen LogP contribution in [0.15, 0.2) is 18.2 Å². The number of hydrogen-bond acceptors (Lipinski definition) is 6. The Labute approximate surface area is 191 Å². The molecule has 3 rings (SSSR count). The van der Waals surface area contributed by atoms with E-state index in [9.17, 15) is 9.59 Å². The minimum atomic E-state index is -0.642. The summed E-state index contributed by atoms with van der Waals surface area (Å²) in [7, 11) is 0.736. The summed E-state index contributed by atoms with van der Waals surface area (Å²) in [5.41, 5.74) is 0.668. The van der Waals surface area contributed by atoms with Gasteiger partial charge in [0.2, 0.25) is 0 Å². The lowest BCUT2D eigenvalue weighted by atomic mass is 9.74. The molecule has 0 N–H and O–H groups in total. The predicted molar refractivity (Wildman–Crippen MR) is 123 cm³/mol. The number of amides is 1. The number of benzene rings is 1. The van der Waals surface area contributed by atoms with Crippen LogP contribution >= 0.6 is 0 Å². The summed E-state index contributed by atoms with van der Waals surface area (Å²) >= 11 is 0. The summed E-state index contributed by atoms with van der Waals surface area (Å²) in [6.45, 7) is 14.8. The molecule has 0 unspecified atom stereocenters. The number of rotatable bonds is 3. The lowest BCUT2D eigenvalue weighted by molar-refractivity contribution is 0.00578. The van der Waals surface area contributed by atoms with Gasteiger partial charge in [-0.05, 0) is 84.3 Å².